The number of Topliss-reactive ketones (excluding diaryl/α,β-unsaturated/α-hetero) is 1. The molecule has 1 amide bonds. The first kappa shape index (κ1) is 17.9. The van der Waals surface area contributed by atoms with Crippen LogP contribution in [-0.4, -0.2) is 28.0 Å². The van der Waals surface area contributed by atoms with Crippen molar-refractivity contribution in [2.24, 2.45) is 12.5 Å². The average molecular weight is 372 g/mol. The summed E-state index contributed by atoms with van der Waals surface area (Å²) in [5.41, 5.74) is -0.679. The molecule has 0 saturated carbocycles. The maximum Gasteiger partial charge on any atom is 0.245 e. The van der Waals surface area contributed by atoms with E-state index < -0.39 is 10.8 Å². The van der Waals surface area contributed by atoms with Gasteiger partial charge in [-0.2, -0.15) is 5.10 Å². The van der Waals surface area contributed by atoms with Gasteiger partial charge in [-0.25, -0.2) is 4.85 Å². The molecule has 4 rings (SSSR count). The van der Waals surface area contributed by atoms with E-state index in [1.807, 2.05) is 36.4 Å². The zero-order valence-electron chi connectivity index (χ0n) is 16.0. The molecule has 0 saturated heterocycles. The van der Waals surface area contributed by atoms with Gasteiger partial charge in [0.1, 0.15) is 5.41 Å². The molecule has 2 heterocycles. The fraction of sp³-hybridized carbons (Fsp3) is 0.273. The van der Waals surface area contributed by atoms with Crippen molar-refractivity contribution >= 4 is 17.5 Å². The van der Waals surface area contributed by atoms with Crippen LogP contribution in [0.1, 0.15) is 19.4 Å². The molecule has 1 aliphatic carbocycles. The molecule has 28 heavy (non-hydrogen) atoms. The molecule has 0 radical (unpaired) electrons. The summed E-state index contributed by atoms with van der Waals surface area (Å²) in [5.74, 6) is 0.0987. The lowest BCUT2D eigenvalue weighted by Gasteiger charge is -2.48. The number of hydrogen-bond donors (Lipinski definition) is 0. The number of carbonyl (C=O) groups is 2. The lowest BCUT2D eigenvalue weighted by Crippen LogP contribution is -2.56. The number of nitrogens with zero attached hydrogens (tertiary/aromatic N) is 4. The molecule has 1 aromatic heterocycles. The Labute approximate surface area is 163 Å². The van der Waals surface area contributed by atoms with Crippen LogP contribution in [0.5, 0.6) is 0 Å². The number of aryl methyl sites for hydroxylation is 1. The Morgan fingerprint density at radius 3 is 2.46 bits per heavy atom. The Bertz CT molecular complexity index is 1090. The molecule has 1 aromatic carbocycles. The zero-order valence-corrected chi connectivity index (χ0v) is 16.0. The Hall–Kier alpha value is -3.46. The molecule has 0 unspecified atom stereocenters. The smallest absolute Gasteiger partial charge is 0.245 e. The van der Waals surface area contributed by atoms with E-state index in [0.717, 1.165) is 11.1 Å². The number of aromatic nitrogens is 2. The summed E-state index contributed by atoms with van der Waals surface area (Å²) >= 11 is 0. The first-order valence-corrected chi connectivity index (χ1v) is 9.05. The highest BCUT2D eigenvalue weighted by atomic mass is 16.2. The van der Waals surface area contributed by atoms with Crippen molar-refractivity contribution < 1.29 is 9.59 Å². The topological polar surface area (TPSA) is 59.6 Å². The van der Waals surface area contributed by atoms with Crippen LogP contribution in [0.3, 0.4) is 0 Å². The number of carbonyl (C=O) groups excluding carboxylic acids is 2. The van der Waals surface area contributed by atoms with Crippen molar-refractivity contribution in [1.29, 1.82) is 0 Å². The van der Waals surface area contributed by atoms with E-state index >= 15 is 0 Å². The monoisotopic (exact) mass is 372 g/mol. The first-order chi connectivity index (χ1) is 13.3. The van der Waals surface area contributed by atoms with E-state index in [0.29, 0.717) is 12.4 Å². The summed E-state index contributed by atoms with van der Waals surface area (Å²) in [6.45, 7) is 11.4. The van der Waals surface area contributed by atoms with E-state index in [1.165, 1.54) is 0 Å². The third-order valence-corrected chi connectivity index (χ3v) is 5.64. The van der Waals surface area contributed by atoms with Crippen molar-refractivity contribution in [3.05, 3.63) is 83.0 Å². The standard InChI is InChI=1S/C22H20N4O2/c1-21(2)17-10-13-26(18-11-12-25(4)24-18)20(28)22(17,14-16(23-3)19(21)27)15-8-6-5-7-9-15/h5-12,14H,13H2,1-2,4H3/t22-/m0/s1. The summed E-state index contributed by atoms with van der Waals surface area (Å²) in [5, 5.41) is 4.38. The fourth-order valence-corrected chi connectivity index (χ4v) is 4.25. The number of hydrogen-bond acceptors (Lipinski definition) is 3. The van der Waals surface area contributed by atoms with Gasteiger partial charge in [0.25, 0.3) is 0 Å². The summed E-state index contributed by atoms with van der Waals surface area (Å²) in [7, 11) is 1.80. The molecule has 2 aliphatic rings. The molecule has 1 aliphatic heterocycles. The first-order valence-electron chi connectivity index (χ1n) is 9.05. The fourth-order valence-electron chi connectivity index (χ4n) is 4.25. The molecule has 140 valence electrons. The van der Waals surface area contributed by atoms with Crippen LogP contribution >= 0.6 is 0 Å². The Balaban J connectivity index is 2.03. The van der Waals surface area contributed by atoms with Gasteiger partial charge in [0, 0.05) is 31.3 Å². The number of amides is 1. The van der Waals surface area contributed by atoms with E-state index in [4.69, 9.17) is 6.57 Å². The van der Waals surface area contributed by atoms with Gasteiger partial charge in [0.2, 0.25) is 11.6 Å². The second-order valence-electron chi connectivity index (χ2n) is 7.65. The molecule has 0 bridgehead atoms. The molecular formula is C22H20N4O2. The lowest BCUT2D eigenvalue weighted by atomic mass is 9.57. The summed E-state index contributed by atoms with van der Waals surface area (Å²) < 4.78 is 1.64. The van der Waals surface area contributed by atoms with Gasteiger partial charge in [-0.1, -0.05) is 56.3 Å². The average Bonchev–Trinajstić information content (AvgIpc) is 3.12. The number of rotatable bonds is 2. The van der Waals surface area contributed by atoms with E-state index in [1.54, 1.807) is 48.8 Å². The molecule has 6 heteroatoms. The van der Waals surface area contributed by atoms with Gasteiger partial charge in [-0.15, -0.1) is 0 Å². The van der Waals surface area contributed by atoms with E-state index in [-0.39, 0.29) is 17.4 Å². The summed E-state index contributed by atoms with van der Waals surface area (Å²) in [6, 6.07) is 11.1. The highest BCUT2D eigenvalue weighted by Crippen LogP contribution is 2.52. The molecule has 0 fully saturated rings. The number of benzene rings is 1. The van der Waals surface area contributed by atoms with Crippen LogP contribution in [-0.2, 0) is 22.1 Å². The highest BCUT2D eigenvalue weighted by molar-refractivity contribution is 6.14. The normalized spacial score (nSPS) is 23.6. The predicted molar refractivity (Wildman–Crippen MR) is 105 cm³/mol. The van der Waals surface area contributed by atoms with Crippen molar-refractivity contribution in [3.8, 4) is 0 Å². The maximum atomic E-state index is 13.9. The minimum absolute atomic E-state index is 0.00206. The number of fused-ring (bicyclic) bond motifs is 1. The van der Waals surface area contributed by atoms with Crippen molar-refractivity contribution in [2.45, 2.75) is 19.3 Å². The Kier molecular flexibility index (Phi) is 3.86. The molecule has 0 spiro atoms. The molecular weight excluding hydrogens is 352 g/mol. The third kappa shape index (κ3) is 2.29. The van der Waals surface area contributed by atoms with Gasteiger partial charge in [-0.05, 0) is 11.1 Å². The number of ketones is 1. The summed E-state index contributed by atoms with van der Waals surface area (Å²) in [6.07, 6.45) is 5.27. The minimum Gasteiger partial charge on any atom is -0.307 e. The van der Waals surface area contributed by atoms with E-state index in [9.17, 15) is 9.59 Å². The quantitative estimate of drug-likeness (QED) is 0.601. The summed E-state index contributed by atoms with van der Waals surface area (Å²) in [4.78, 5) is 31.9. The van der Waals surface area contributed by atoms with Crippen LogP contribution in [0.4, 0.5) is 5.82 Å². The van der Waals surface area contributed by atoms with Gasteiger partial charge >= 0.3 is 0 Å². The number of allylic oxidation sites excluding steroid dienone is 1. The lowest BCUT2D eigenvalue weighted by molar-refractivity contribution is -0.125. The van der Waals surface area contributed by atoms with Gasteiger partial charge in [-0.3, -0.25) is 14.4 Å². The van der Waals surface area contributed by atoms with Crippen molar-refractivity contribution in [2.75, 3.05) is 11.4 Å². The highest BCUT2D eigenvalue weighted by Gasteiger charge is 2.57. The second kappa shape index (κ2) is 6.03. The van der Waals surface area contributed by atoms with Crippen LogP contribution < -0.4 is 4.90 Å². The minimum atomic E-state index is -1.20. The number of anilines is 1. The van der Waals surface area contributed by atoms with Gasteiger partial charge in [0.15, 0.2) is 11.6 Å². The van der Waals surface area contributed by atoms with Gasteiger partial charge < -0.3 is 4.79 Å². The van der Waals surface area contributed by atoms with Crippen LogP contribution in [0, 0.1) is 12.0 Å². The van der Waals surface area contributed by atoms with E-state index in [2.05, 4.69) is 9.94 Å². The second-order valence-corrected chi connectivity index (χ2v) is 7.65. The third-order valence-electron chi connectivity index (χ3n) is 5.64. The van der Waals surface area contributed by atoms with Gasteiger partial charge in [0.05, 0.1) is 6.57 Å². The zero-order chi connectivity index (χ0) is 20.1. The molecule has 1 atom stereocenters. The van der Waals surface area contributed by atoms with Crippen molar-refractivity contribution in [1.82, 2.24) is 9.78 Å². The Morgan fingerprint density at radius 1 is 1.14 bits per heavy atom. The van der Waals surface area contributed by atoms with Crippen LogP contribution in [0.2, 0.25) is 0 Å². The van der Waals surface area contributed by atoms with Crippen LogP contribution in [0.25, 0.3) is 4.85 Å². The maximum absolute atomic E-state index is 13.9. The molecule has 6 nitrogen and oxygen atoms in total. The largest absolute Gasteiger partial charge is 0.307 e. The molecule has 2 aromatic rings. The van der Waals surface area contributed by atoms with Crippen LogP contribution in [0.15, 0.2) is 66.0 Å². The Morgan fingerprint density at radius 2 is 1.86 bits per heavy atom. The predicted octanol–water partition coefficient (Wildman–Crippen LogP) is 3.04. The molecule has 0 N–H and O–H groups in total. The van der Waals surface area contributed by atoms with Crippen molar-refractivity contribution in [3.63, 3.8) is 0 Å². The SMILES string of the molecule is [C-]#[N+]C1=C[C@@]2(c3ccccc3)C(=O)N(c3ccn(C)n3)CC=C2C(C)(C)C1=O.